The average Bonchev–Trinajstić information content (AvgIpc) is 2.95. The van der Waals surface area contributed by atoms with Crippen molar-refractivity contribution in [1.82, 2.24) is 5.32 Å². The molecule has 0 aliphatic carbocycles. The normalized spacial score (nSPS) is 26.9. The highest BCUT2D eigenvalue weighted by molar-refractivity contribution is 5.39. The lowest BCUT2D eigenvalue weighted by Gasteiger charge is -2.17. The molecular formula is C14H18FNO. The molecule has 3 heteroatoms. The van der Waals surface area contributed by atoms with Crippen LogP contribution in [-0.4, -0.2) is 25.4 Å². The first kappa shape index (κ1) is 11.0. The zero-order valence-corrected chi connectivity index (χ0v) is 9.97. The summed E-state index contributed by atoms with van der Waals surface area (Å²) in [5.41, 5.74) is 1.52. The molecule has 0 bridgehead atoms. The Morgan fingerprint density at radius 2 is 2.35 bits per heavy atom. The molecule has 1 unspecified atom stereocenters. The summed E-state index contributed by atoms with van der Waals surface area (Å²) in [6, 6.07) is 6.26. The van der Waals surface area contributed by atoms with Crippen molar-refractivity contribution in [1.29, 1.82) is 0 Å². The van der Waals surface area contributed by atoms with E-state index in [0.717, 1.165) is 31.7 Å². The molecule has 2 nitrogen and oxygen atoms in total. The highest BCUT2D eigenvalue weighted by Gasteiger charge is 2.32. The summed E-state index contributed by atoms with van der Waals surface area (Å²) in [5, 5.41) is 3.10. The Bertz CT molecular complexity index is 413. The number of nitrogens with one attached hydrogen (secondary N) is 1. The molecule has 1 atom stereocenters. The zero-order chi connectivity index (χ0) is 11.7. The van der Waals surface area contributed by atoms with E-state index in [2.05, 4.69) is 17.4 Å². The minimum atomic E-state index is -0.991. The summed E-state index contributed by atoms with van der Waals surface area (Å²) in [5.74, 6) is 1.01. The summed E-state index contributed by atoms with van der Waals surface area (Å²) >= 11 is 0. The van der Waals surface area contributed by atoms with E-state index < -0.39 is 5.67 Å². The van der Waals surface area contributed by atoms with Gasteiger partial charge in [-0.3, -0.25) is 0 Å². The molecule has 0 saturated carbocycles. The third-order valence-corrected chi connectivity index (χ3v) is 3.81. The Hall–Kier alpha value is -1.09. The fraction of sp³-hybridized carbons (Fsp3) is 0.571. The first-order valence-electron chi connectivity index (χ1n) is 6.39. The number of rotatable bonds is 3. The lowest BCUT2D eigenvalue weighted by atomic mass is 9.95. The number of ether oxygens (including phenoxy) is 1. The molecule has 0 amide bonds. The molecule has 0 spiro atoms. The molecule has 92 valence electrons. The van der Waals surface area contributed by atoms with Crippen LogP contribution >= 0.6 is 0 Å². The maximum atomic E-state index is 14.2. The van der Waals surface area contributed by atoms with Crippen molar-refractivity contribution in [2.24, 2.45) is 0 Å². The van der Waals surface area contributed by atoms with Crippen molar-refractivity contribution < 1.29 is 9.13 Å². The summed E-state index contributed by atoms with van der Waals surface area (Å²) < 4.78 is 19.7. The number of hydrogen-bond donors (Lipinski definition) is 1. The average molecular weight is 235 g/mol. The number of aryl methyl sites for hydroxylation is 1. The number of benzene rings is 1. The predicted molar refractivity (Wildman–Crippen MR) is 65.3 cm³/mol. The Morgan fingerprint density at radius 3 is 3.18 bits per heavy atom. The monoisotopic (exact) mass is 235 g/mol. The van der Waals surface area contributed by atoms with Gasteiger partial charge in [0.15, 0.2) is 0 Å². The molecule has 0 radical (unpaired) electrons. The molecule has 1 saturated heterocycles. The largest absolute Gasteiger partial charge is 0.493 e. The van der Waals surface area contributed by atoms with Gasteiger partial charge < -0.3 is 10.1 Å². The second kappa shape index (κ2) is 4.30. The van der Waals surface area contributed by atoms with Gasteiger partial charge in [-0.1, -0.05) is 12.1 Å². The fourth-order valence-corrected chi connectivity index (χ4v) is 2.69. The van der Waals surface area contributed by atoms with E-state index in [1.54, 1.807) is 0 Å². The Kier molecular flexibility index (Phi) is 2.79. The first-order chi connectivity index (χ1) is 8.25. The van der Waals surface area contributed by atoms with Gasteiger partial charge in [-0.25, -0.2) is 4.39 Å². The third kappa shape index (κ3) is 2.29. The van der Waals surface area contributed by atoms with E-state index in [-0.39, 0.29) is 0 Å². The fourth-order valence-electron chi connectivity index (χ4n) is 2.69. The Morgan fingerprint density at radius 1 is 1.41 bits per heavy atom. The highest BCUT2D eigenvalue weighted by Crippen LogP contribution is 2.29. The number of alkyl halides is 1. The van der Waals surface area contributed by atoms with Crippen LogP contribution < -0.4 is 10.1 Å². The third-order valence-electron chi connectivity index (χ3n) is 3.81. The molecule has 1 N–H and O–H groups in total. The molecule has 1 fully saturated rings. The molecule has 0 aromatic heterocycles. The van der Waals surface area contributed by atoms with Gasteiger partial charge in [0.05, 0.1) is 6.61 Å². The van der Waals surface area contributed by atoms with Crippen LogP contribution in [0.3, 0.4) is 0 Å². The molecule has 2 aliphatic rings. The van der Waals surface area contributed by atoms with Crippen LogP contribution in [-0.2, 0) is 12.8 Å². The topological polar surface area (TPSA) is 21.3 Å². The lowest BCUT2D eigenvalue weighted by molar-refractivity contribution is 0.176. The quantitative estimate of drug-likeness (QED) is 0.867. The van der Waals surface area contributed by atoms with Gasteiger partial charge in [-0.15, -0.1) is 0 Å². The summed E-state index contributed by atoms with van der Waals surface area (Å²) in [6.07, 6.45) is 3.09. The van der Waals surface area contributed by atoms with Crippen molar-refractivity contribution in [3.63, 3.8) is 0 Å². The van der Waals surface area contributed by atoms with Gasteiger partial charge in [0.1, 0.15) is 11.4 Å². The van der Waals surface area contributed by atoms with E-state index >= 15 is 0 Å². The standard InChI is InChI=1S/C14H18FNO/c15-14(6-7-16-10-14)5-3-11-1-2-13-12(9-11)4-8-17-13/h1-2,9,16H,3-8,10H2. The molecule has 2 aliphatic heterocycles. The summed E-state index contributed by atoms with van der Waals surface area (Å²) in [4.78, 5) is 0. The predicted octanol–water partition coefficient (Wildman–Crippen LogP) is 2.26. The van der Waals surface area contributed by atoms with E-state index in [0.29, 0.717) is 19.4 Å². The van der Waals surface area contributed by atoms with Gasteiger partial charge in [-0.05, 0) is 43.0 Å². The summed E-state index contributed by atoms with van der Waals surface area (Å²) in [6.45, 7) is 2.12. The van der Waals surface area contributed by atoms with Crippen molar-refractivity contribution in [3.05, 3.63) is 29.3 Å². The van der Waals surface area contributed by atoms with Crippen LogP contribution in [0.25, 0.3) is 0 Å². The van der Waals surface area contributed by atoms with Gasteiger partial charge in [0.2, 0.25) is 0 Å². The second-order valence-electron chi connectivity index (χ2n) is 5.12. The number of halogens is 1. The van der Waals surface area contributed by atoms with Gasteiger partial charge in [0.25, 0.3) is 0 Å². The molecule has 1 aromatic carbocycles. The second-order valence-corrected chi connectivity index (χ2v) is 5.12. The van der Waals surface area contributed by atoms with Crippen LogP contribution in [0.5, 0.6) is 5.75 Å². The molecule has 2 heterocycles. The molecular weight excluding hydrogens is 217 g/mol. The zero-order valence-electron chi connectivity index (χ0n) is 9.97. The SMILES string of the molecule is FC1(CCc2ccc3c(c2)CCO3)CCNC1. The minimum Gasteiger partial charge on any atom is -0.493 e. The molecule has 1 aromatic rings. The van der Waals surface area contributed by atoms with E-state index in [1.807, 2.05) is 6.07 Å². The van der Waals surface area contributed by atoms with Crippen molar-refractivity contribution >= 4 is 0 Å². The smallest absolute Gasteiger partial charge is 0.124 e. The number of fused-ring (bicyclic) bond motifs is 1. The maximum Gasteiger partial charge on any atom is 0.124 e. The van der Waals surface area contributed by atoms with E-state index in [4.69, 9.17) is 4.74 Å². The van der Waals surface area contributed by atoms with Crippen LogP contribution in [0.1, 0.15) is 24.0 Å². The molecule has 3 rings (SSSR count). The Labute approximate surface area is 101 Å². The highest BCUT2D eigenvalue weighted by atomic mass is 19.1. The van der Waals surface area contributed by atoms with Crippen molar-refractivity contribution in [2.75, 3.05) is 19.7 Å². The van der Waals surface area contributed by atoms with Gasteiger partial charge in [-0.2, -0.15) is 0 Å². The lowest BCUT2D eigenvalue weighted by Crippen LogP contribution is -2.26. The van der Waals surface area contributed by atoms with E-state index in [9.17, 15) is 4.39 Å². The minimum absolute atomic E-state index is 0.515. The van der Waals surface area contributed by atoms with Crippen LogP contribution in [0.15, 0.2) is 18.2 Å². The van der Waals surface area contributed by atoms with E-state index in [1.165, 1.54) is 11.1 Å². The first-order valence-corrected chi connectivity index (χ1v) is 6.39. The maximum absolute atomic E-state index is 14.2. The van der Waals surface area contributed by atoms with Gasteiger partial charge >= 0.3 is 0 Å². The Balaban J connectivity index is 1.65. The van der Waals surface area contributed by atoms with Crippen LogP contribution in [0.2, 0.25) is 0 Å². The van der Waals surface area contributed by atoms with Crippen molar-refractivity contribution in [2.45, 2.75) is 31.4 Å². The number of hydrogen-bond acceptors (Lipinski definition) is 2. The summed E-state index contributed by atoms with van der Waals surface area (Å²) in [7, 11) is 0. The molecule has 17 heavy (non-hydrogen) atoms. The van der Waals surface area contributed by atoms with Crippen LogP contribution in [0, 0.1) is 0 Å². The van der Waals surface area contributed by atoms with Crippen molar-refractivity contribution in [3.8, 4) is 5.75 Å². The van der Waals surface area contributed by atoms with Crippen LogP contribution in [0.4, 0.5) is 4.39 Å². The van der Waals surface area contributed by atoms with Gasteiger partial charge in [0, 0.05) is 13.0 Å².